The minimum Gasteiger partial charge on any atom is -0.481 e. The van der Waals surface area contributed by atoms with Gasteiger partial charge in [-0.05, 0) is 5.56 Å². The molecule has 0 radical (unpaired) electrons. The number of anilines is 2. The second-order valence-corrected chi connectivity index (χ2v) is 4.43. The van der Waals surface area contributed by atoms with E-state index in [1.165, 1.54) is 5.56 Å². The maximum Gasteiger partial charge on any atom is 0.231 e. The van der Waals surface area contributed by atoms with Crippen molar-refractivity contribution in [2.45, 2.75) is 6.54 Å². The van der Waals surface area contributed by atoms with Crippen molar-refractivity contribution in [3.63, 3.8) is 0 Å². The van der Waals surface area contributed by atoms with Gasteiger partial charge in [-0.2, -0.15) is 10.1 Å². The number of nitrogens with zero attached hydrogens (tertiary/aromatic N) is 4. The van der Waals surface area contributed by atoms with E-state index in [1.807, 2.05) is 35.1 Å². The van der Waals surface area contributed by atoms with Crippen LogP contribution in [-0.2, 0) is 6.54 Å². The molecule has 0 aliphatic rings. The molecule has 3 aromatic rings. The SMILES string of the molecule is COc1ccnc(Nc2ccn(Cc3ccccc3)n2)n1. The van der Waals surface area contributed by atoms with Gasteiger partial charge in [0, 0.05) is 24.5 Å². The van der Waals surface area contributed by atoms with Gasteiger partial charge in [0.15, 0.2) is 5.82 Å². The molecule has 0 bridgehead atoms. The van der Waals surface area contributed by atoms with Crippen molar-refractivity contribution in [1.82, 2.24) is 19.7 Å². The zero-order valence-electron chi connectivity index (χ0n) is 11.6. The van der Waals surface area contributed by atoms with Gasteiger partial charge in [-0.3, -0.25) is 4.68 Å². The molecule has 0 unspecified atom stereocenters. The fraction of sp³-hybridized carbons (Fsp3) is 0.133. The molecule has 21 heavy (non-hydrogen) atoms. The largest absolute Gasteiger partial charge is 0.481 e. The highest BCUT2D eigenvalue weighted by molar-refractivity contribution is 5.46. The Morgan fingerprint density at radius 3 is 2.81 bits per heavy atom. The topological polar surface area (TPSA) is 64.9 Å². The van der Waals surface area contributed by atoms with Crippen LogP contribution >= 0.6 is 0 Å². The van der Waals surface area contributed by atoms with E-state index in [0.29, 0.717) is 17.6 Å². The summed E-state index contributed by atoms with van der Waals surface area (Å²) < 4.78 is 6.92. The molecule has 0 amide bonds. The summed E-state index contributed by atoms with van der Waals surface area (Å²) in [7, 11) is 1.57. The molecule has 0 aliphatic carbocycles. The number of rotatable bonds is 5. The summed E-state index contributed by atoms with van der Waals surface area (Å²) >= 11 is 0. The average molecular weight is 281 g/mol. The van der Waals surface area contributed by atoms with Crippen molar-refractivity contribution >= 4 is 11.8 Å². The average Bonchev–Trinajstić information content (AvgIpc) is 2.95. The van der Waals surface area contributed by atoms with E-state index < -0.39 is 0 Å². The Balaban J connectivity index is 1.70. The summed E-state index contributed by atoms with van der Waals surface area (Å²) in [5.74, 6) is 1.66. The van der Waals surface area contributed by atoms with E-state index >= 15 is 0 Å². The van der Waals surface area contributed by atoms with Crippen LogP contribution in [0.1, 0.15) is 5.56 Å². The van der Waals surface area contributed by atoms with Crippen molar-refractivity contribution in [2.24, 2.45) is 0 Å². The molecule has 6 nitrogen and oxygen atoms in total. The molecule has 0 aliphatic heterocycles. The summed E-state index contributed by atoms with van der Waals surface area (Å²) in [5.41, 5.74) is 1.20. The summed E-state index contributed by atoms with van der Waals surface area (Å²) in [4.78, 5) is 8.31. The second kappa shape index (κ2) is 6.04. The third-order valence-electron chi connectivity index (χ3n) is 2.91. The Bertz CT molecular complexity index is 711. The van der Waals surface area contributed by atoms with Gasteiger partial charge >= 0.3 is 0 Å². The second-order valence-electron chi connectivity index (χ2n) is 4.43. The van der Waals surface area contributed by atoms with Gasteiger partial charge < -0.3 is 10.1 Å². The van der Waals surface area contributed by atoms with Crippen LogP contribution in [0.15, 0.2) is 54.9 Å². The minimum atomic E-state index is 0.458. The van der Waals surface area contributed by atoms with Gasteiger partial charge in [0.2, 0.25) is 11.8 Å². The van der Waals surface area contributed by atoms with Crippen molar-refractivity contribution in [3.05, 3.63) is 60.4 Å². The van der Waals surface area contributed by atoms with E-state index in [2.05, 4.69) is 32.5 Å². The maximum atomic E-state index is 5.06. The molecular formula is C15H15N5O. The van der Waals surface area contributed by atoms with Crippen molar-refractivity contribution < 1.29 is 4.74 Å². The summed E-state index contributed by atoms with van der Waals surface area (Å²) in [5, 5.41) is 7.49. The predicted molar refractivity (Wildman–Crippen MR) is 79.6 cm³/mol. The van der Waals surface area contributed by atoms with Gasteiger partial charge in [0.05, 0.1) is 13.7 Å². The van der Waals surface area contributed by atoms with E-state index in [4.69, 9.17) is 4.74 Å². The predicted octanol–water partition coefficient (Wildman–Crippen LogP) is 2.47. The fourth-order valence-electron chi connectivity index (χ4n) is 1.92. The molecule has 0 atom stereocenters. The van der Waals surface area contributed by atoms with Crippen LogP contribution in [0.4, 0.5) is 11.8 Å². The Morgan fingerprint density at radius 2 is 2.00 bits per heavy atom. The Labute approximate surface area is 122 Å². The summed E-state index contributed by atoms with van der Waals surface area (Å²) in [6, 6.07) is 13.7. The maximum absolute atomic E-state index is 5.06. The van der Waals surface area contributed by atoms with Crippen molar-refractivity contribution in [3.8, 4) is 5.88 Å². The smallest absolute Gasteiger partial charge is 0.231 e. The van der Waals surface area contributed by atoms with Gasteiger partial charge in [-0.15, -0.1) is 0 Å². The number of nitrogens with one attached hydrogen (secondary N) is 1. The lowest BCUT2D eigenvalue weighted by atomic mass is 10.2. The lowest BCUT2D eigenvalue weighted by molar-refractivity contribution is 0.397. The Hall–Kier alpha value is -2.89. The van der Waals surface area contributed by atoms with Crippen LogP contribution in [0.5, 0.6) is 5.88 Å². The monoisotopic (exact) mass is 281 g/mol. The molecular weight excluding hydrogens is 266 g/mol. The molecule has 0 saturated carbocycles. The van der Waals surface area contributed by atoms with Crippen LogP contribution in [0.3, 0.4) is 0 Å². The molecule has 0 fully saturated rings. The molecule has 6 heteroatoms. The van der Waals surface area contributed by atoms with Crippen molar-refractivity contribution in [2.75, 3.05) is 12.4 Å². The third kappa shape index (κ3) is 3.36. The number of hydrogen-bond acceptors (Lipinski definition) is 5. The summed E-state index contributed by atoms with van der Waals surface area (Å²) in [6.07, 6.45) is 3.55. The van der Waals surface area contributed by atoms with Gasteiger partial charge in [-0.1, -0.05) is 30.3 Å². The highest BCUT2D eigenvalue weighted by Gasteiger charge is 2.03. The quantitative estimate of drug-likeness (QED) is 0.778. The number of aromatic nitrogens is 4. The van der Waals surface area contributed by atoms with E-state index in [1.54, 1.807) is 19.4 Å². The molecule has 0 saturated heterocycles. The first-order chi connectivity index (χ1) is 10.3. The normalized spacial score (nSPS) is 10.3. The lowest BCUT2D eigenvalue weighted by Crippen LogP contribution is -2.02. The van der Waals surface area contributed by atoms with Crippen LogP contribution in [0.25, 0.3) is 0 Å². The zero-order valence-corrected chi connectivity index (χ0v) is 11.6. The van der Waals surface area contributed by atoms with Crippen LogP contribution < -0.4 is 10.1 Å². The molecule has 0 spiro atoms. The first kappa shape index (κ1) is 13.1. The fourth-order valence-corrected chi connectivity index (χ4v) is 1.92. The minimum absolute atomic E-state index is 0.458. The number of hydrogen-bond donors (Lipinski definition) is 1. The van der Waals surface area contributed by atoms with E-state index in [0.717, 1.165) is 6.54 Å². The summed E-state index contributed by atoms with van der Waals surface area (Å²) in [6.45, 7) is 0.724. The number of ether oxygens (including phenoxy) is 1. The standard InChI is InChI=1S/C15H15N5O/c1-21-14-7-9-16-15(18-14)17-13-8-10-20(19-13)11-12-5-3-2-4-6-12/h2-10H,11H2,1H3,(H,16,17,18,19). The first-order valence-electron chi connectivity index (χ1n) is 6.55. The zero-order chi connectivity index (χ0) is 14.5. The van der Waals surface area contributed by atoms with Gasteiger partial charge in [0.25, 0.3) is 0 Å². The molecule has 3 rings (SSSR count). The molecule has 1 N–H and O–H groups in total. The number of methoxy groups -OCH3 is 1. The Kier molecular flexibility index (Phi) is 3.77. The highest BCUT2D eigenvalue weighted by atomic mass is 16.5. The third-order valence-corrected chi connectivity index (χ3v) is 2.91. The lowest BCUT2D eigenvalue weighted by Gasteiger charge is -2.03. The van der Waals surface area contributed by atoms with Gasteiger partial charge in [0.1, 0.15) is 0 Å². The van der Waals surface area contributed by atoms with Crippen molar-refractivity contribution in [1.29, 1.82) is 0 Å². The van der Waals surface area contributed by atoms with Crippen LogP contribution in [0.2, 0.25) is 0 Å². The van der Waals surface area contributed by atoms with E-state index in [9.17, 15) is 0 Å². The molecule has 2 aromatic heterocycles. The molecule has 1 aromatic carbocycles. The Morgan fingerprint density at radius 1 is 1.14 bits per heavy atom. The van der Waals surface area contributed by atoms with Crippen LogP contribution in [0, 0.1) is 0 Å². The van der Waals surface area contributed by atoms with Crippen LogP contribution in [-0.4, -0.2) is 26.9 Å². The van der Waals surface area contributed by atoms with E-state index in [-0.39, 0.29) is 0 Å². The highest BCUT2D eigenvalue weighted by Crippen LogP contribution is 2.13. The first-order valence-corrected chi connectivity index (χ1v) is 6.55. The van der Waals surface area contributed by atoms with Gasteiger partial charge in [-0.25, -0.2) is 4.98 Å². The molecule has 2 heterocycles. The number of benzene rings is 1. The molecule has 106 valence electrons.